The zero-order chi connectivity index (χ0) is 24.1. The molecule has 1 N–H and O–H groups in total. The van der Waals surface area contributed by atoms with E-state index >= 15 is 0 Å². The minimum atomic E-state index is -0.747. The van der Waals surface area contributed by atoms with Crippen molar-refractivity contribution in [2.45, 2.75) is 20.3 Å². The van der Waals surface area contributed by atoms with Gasteiger partial charge in [-0.2, -0.15) is 0 Å². The Morgan fingerprint density at radius 1 is 0.853 bits per heavy atom. The van der Waals surface area contributed by atoms with Crippen LogP contribution in [0.5, 0.6) is 11.5 Å². The summed E-state index contributed by atoms with van der Waals surface area (Å²) in [5.74, 6) is -0.368. The average molecular weight is 459 g/mol. The highest BCUT2D eigenvalue weighted by molar-refractivity contribution is 6.15. The predicted octanol–water partition coefficient (Wildman–Crippen LogP) is 4.49. The lowest BCUT2D eigenvalue weighted by Gasteiger charge is -2.12. The highest BCUT2D eigenvalue weighted by Crippen LogP contribution is 2.32. The molecule has 1 aliphatic rings. The third kappa shape index (κ3) is 5.26. The molecule has 0 fully saturated rings. The first kappa shape index (κ1) is 23.0. The quantitative estimate of drug-likeness (QED) is 0.431. The van der Waals surface area contributed by atoms with E-state index in [0.717, 1.165) is 17.5 Å². The fourth-order valence-corrected chi connectivity index (χ4v) is 3.63. The molecule has 3 aromatic rings. The second-order valence-corrected chi connectivity index (χ2v) is 8.03. The number of amides is 1. The van der Waals surface area contributed by atoms with Gasteiger partial charge in [-0.3, -0.25) is 9.59 Å². The minimum Gasteiger partial charge on any atom is -0.490 e. The minimum absolute atomic E-state index is 0.108. The van der Waals surface area contributed by atoms with E-state index in [-0.39, 0.29) is 16.9 Å². The van der Waals surface area contributed by atoms with Crippen molar-refractivity contribution in [3.63, 3.8) is 0 Å². The zero-order valence-corrected chi connectivity index (χ0v) is 19.1. The Bertz CT molecular complexity index is 1250. The van der Waals surface area contributed by atoms with Crippen LogP contribution in [0, 0.1) is 13.8 Å². The fraction of sp³-hybridized carbons (Fsp3) is 0.222. The average Bonchev–Trinajstić information content (AvgIpc) is 3.08. The largest absolute Gasteiger partial charge is 0.490 e. The topological polar surface area (TPSA) is 90.9 Å². The van der Waals surface area contributed by atoms with Crippen molar-refractivity contribution in [3.8, 4) is 11.5 Å². The van der Waals surface area contributed by atoms with Crippen molar-refractivity contribution < 1.29 is 28.6 Å². The molecule has 1 aliphatic heterocycles. The maximum atomic E-state index is 13.2. The number of nitrogens with one attached hydrogen (secondary N) is 1. The van der Waals surface area contributed by atoms with Crippen LogP contribution in [0.1, 0.15) is 43.8 Å². The Morgan fingerprint density at radius 2 is 1.59 bits per heavy atom. The van der Waals surface area contributed by atoms with E-state index in [1.807, 2.05) is 26.0 Å². The van der Waals surface area contributed by atoms with Gasteiger partial charge in [-0.05, 0) is 43.7 Å². The Morgan fingerprint density at radius 3 is 2.38 bits per heavy atom. The molecule has 0 spiro atoms. The summed E-state index contributed by atoms with van der Waals surface area (Å²) >= 11 is 0. The molecule has 174 valence electrons. The first-order valence-electron chi connectivity index (χ1n) is 11.0. The lowest BCUT2D eigenvalue weighted by molar-refractivity contribution is -0.119. The van der Waals surface area contributed by atoms with Crippen LogP contribution >= 0.6 is 0 Å². The summed E-state index contributed by atoms with van der Waals surface area (Å²) in [5.41, 5.74) is 3.11. The lowest BCUT2D eigenvalue weighted by Crippen LogP contribution is -2.22. The molecule has 34 heavy (non-hydrogen) atoms. The molecule has 0 atom stereocenters. The van der Waals surface area contributed by atoms with Gasteiger partial charge in [0, 0.05) is 29.3 Å². The van der Waals surface area contributed by atoms with Crippen LogP contribution in [0.4, 0.5) is 5.69 Å². The van der Waals surface area contributed by atoms with E-state index in [9.17, 15) is 14.4 Å². The molecular weight excluding hydrogens is 434 g/mol. The van der Waals surface area contributed by atoms with Crippen LogP contribution in [0.25, 0.3) is 0 Å². The second kappa shape index (κ2) is 10.2. The van der Waals surface area contributed by atoms with Gasteiger partial charge in [0.2, 0.25) is 0 Å². The number of hydrogen-bond donors (Lipinski definition) is 1. The van der Waals surface area contributed by atoms with E-state index in [1.54, 1.807) is 42.5 Å². The molecular formula is C27H25NO6. The van der Waals surface area contributed by atoms with Gasteiger partial charge in [0.15, 0.2) is 23.9 Å². The number of anilines is 1. The van der Waals surface area contributed by atoms with Gasteiger partial charge >= 0.3 is 5.97 Å². The molecule has 0 saturated heterocycles. The standard InChI is InChI=1S/C27H25NO6/c1-17-8-9-18(2)22(14-17)26(30)20-6-3-4-7-21(20)27(31)34-16-25(29)28-19-10-11-23-24(15-19)33-13-5-12-32-23/h3-4,6-11,14-15H,5,12-13,16H2,1-2H3,(H,28,29). The number of carbonyl (C=O) groups excluding carboxylic acids is 3. The van der Waals surface area contributed by atoms with Crippen LogP contribution < -0.4 is 14.8 Å². The van der Waals surface area contributed by atoms with Gasteiger partial charge < -0.3 is 19.5 Å². The first-order chi connectivity index (χ1) is 16.4. The Kier molecular flexibility index (Phi) is 6.92. The monoisotopic (exact) mass is 459 g/mol. The molecule has 0 radical (unpaired) electrons. The van der Waals surface area contributed by atoms with Crippen LogP contribution in [0.15, 0.2) is 60.7 Å². The Balaban J connectivity index is 1.43. The van der Waals surface area contributed by atoms with E-state index in [4.69, 9.17) is 14.2 Å². The molecule has 0 aromatic heterocycles. The summed E-state index contributed by atoms with van der Waals surface area (Å²) in [6.45, 7) is 4.35. The summed E-state index contributed by atoms with van der Waals surface area (Å²) < 4.78 is 16.4. The van der Waals surface area contributed by atoms with Gasteiger partial charge in [-0.1, -0.05) is 35.9 Å². The van der Waals surface area contributed by atoms with Crippen LogP contribution in [0.2, 0.25) is 0 Å². The molecule has 0 bridgehead atoms. The van der Waals surface area contributed by atoms with Gasteiger partial charge in [0.1, 0.15) is 0 Å². The van der Waals surface area contributed by atoms with Crippen molar-refractivity contribution in [2.75, 3.05) is 25.1 Å². The molecule has 7 nitrogen and oxygen atoms in total. The highest BCUT2D eigenvalue weighted by atomic mass is 16.5. The normalized spacial score (nSPS) is 12.4. The van der Waals surface area contributed by atoms with Crippen molar-refractivity contribution in [1.82, 2.24) is 0 Å². The number of aryl methyl sites for hydroxylation is 2. The fourth-order valence-electron chi connectivity index (χ4n) is 3.63. The molecule has 0 saturated carbocycles. The number of esters is 1. The zero-order valence-electron chi connectivity index (χ0n) is 19.1. The maximum absolute atomic E-state index is 13.2. The summed E-state index contributed by atoms with van der Waals surface area (Å²) in [7, 11) is 0. The number of hydrogen-bond acceptors (Lipinski definition) is 6. The number of ether oxygens (including phenoxy) is 3. The third-order valence-electron chi connectivity index (χ3n) is 5.39. The maximum Gasteiger partial charge on any atom is 0.339 e. The summed E-state index contributed by atoms with van der Waals surface area (Å²) in [6, 6.07) is 17.1. The lowest BCUT2D eigenvalue weighted by atomic mass is 9.94. The molecule has 3 aromatic carbocycles. The van der Waals surface area contributed by atoms with Crippen LogP contribution in [-0.2, 0) is 9.53 Å². The molecule has 0 aliphatic carbocycles. The first-order valence-corrected chi connectivity index (χ1v) is 11.0. The van der Waals surface area contributed by atoms with Gasteiger partial charge in [-0.25, -0.2) is 4.79 Å². The smallest absolute Gasteiger partial charge is 0.339 e. The number of rotatable bonds is 6. The Labute approximate surface area is 197 Å². The number of fused-ring (bicyclic) bond motifs is 1. The third-order valence-corrected chi connectivity index (χ3v) is 5.39. The van der Waals surface area contributed by atoms with Gasteiger partial charge in [0.25, 0.3) is 5.91 Å². The Hall–Kier alpha value is -4.13. The molecule has 7 heteroatoms. The predicted molar refractivity (Wildman–Crippen MR) is 127 cm³/mol. The molecule has 1 heterocycles. The van der Waals surface area contributed by atoms with Crippen molar-refractivity contribution in [2.24, 2.45) is 0 Å². The summed E-state index contributed by atoms with van der Waals surface area (Å²) in [5, 5.41) is 2.68. The summed E-state index contributed by atoms with van der Waals surface area (Å²) in [4.78, 5) is 38.3. The second-order valence-electron chi connectivity index (χ2n) is 8.03. The molecule has 0 unspecified atom stereocenters. The van der Waals surface area contributed by atoms with Crippen molar-refractivity contribution >= 4 is 23.3 Å². The highest BCUT2D eigenvalue weighted by Gasteiger charge is 2.21. The molecule has 1 amide bonds. The van der Waals surface area contributed by atoms with Crippen molar-refractivity contribution in [1.29, 1.82) is 0 Å². The van der Waals surface area contributed by atoms with Crippen LogP contribution in [0.3, 0.4) is 0 Å². The number of carbonyl (C=O) groups is 3. The van der Waals surface area contributed by atoms with Crippen LogP contribution in [-0.4, -0.2) is 37.5 Å². The SMILES string of the molecule is Cc1ccc(C)c(C(=O)c2ccccc2C(=O)OCC(=O)Nc2ccc3c(c2)OCCCO3)c1. The summed E-state index contributed by atoms with van der Waals surface area (Å²) in [6.07, 6.45) is 0.778. The van der Waals surface area contributed by atoms with E-state index in [2.05, 4.69) is 5.32 Å². The number of ketones is 1. The van der Waals surface area contributed by atoms with E-state index < -0.39 is 18.5 Å². The van der Waals surface area contributed by atoms with Gasteiger partial charge in [-0.15, -0.1) is 0 Å². The number of benzene rings is 3. The van der Waals surface area contributed by atoms with E-state index in [0.29, 0.717) is 36.0 Å². The van der Waals surface area contributed by atoms with Gasteiger partial charge in [0.05, 0.1) is 18.8 Å². The molecule has 4 rings (SSSR count). The van der Waals surface area contributed by atoms with E-state index in [1.165, 1.54) is 6.07 Å². The van der Waals surface area contributed by atoms with Crippen molar-refractivity contribution in [3.05, 3.63) is 88.5 Å².